The largest absolute Gasteiger partial charge is 0.359 e. The molecule has 3 rings (SSSR count). The highest BCUT2D eigenvalue weighted by atomic mass is 16.2. The van der Waals surface area contributed by atoms with Crippen molar-refractivity contribution in [3.05, 3.63) is 41.1 Å². The molecule has 1 N–H and O–H groups in total. The van der Waals surface area contributed by atoms with E-state index in [1.54, 1.807) is 7.05 Å². The van der Waals surface area contributed by atoms with Gasteiger partial charge < -0.3 is 5.32 Å². The predicted octanol–water partition coefficient (Wildman–Crippen LogP) is 3.86. The molecule has 0 unspecified atom stereocenters. The molecule has 0 spiro atoms. The van der Waals surface area contributed by atoms with E-state index < -0.39 is 0 Å². The molecule has 25 heavy (non-hydrogen) atoms. The molecule has 0 bridgehead atoms. The van der Waals surface area contributed by atoms with Crippen molar-refractivity contribution in [2.75, 3.05) is 12.4 Å². The highest BCUT2D eigenvalue weighted by Crippen LogP contribution is 2.27. The number of hydrogen-bond acceptors (Lipinski definition) is 4. The van der Waals surface area contributed by atoms with E-state index >= 15 is 0 Å². The number of nitrogens with zero attached hydrogens (tertiary/aromatic N) is 2. The number of ketones is 1. The van der Waals surface area contributed by atoms with E-state index in [1.807, 2.05) is 24.3 Å². The van der Waals surface area contributed by atoms with E-state index in [2.05, 4.69) is 17.3 Å². The van der Waals surface area contributed by atoms with Crippen LogP contribution in [0.25, 0.3) is 0 Å². The van der Waals surface area contributed by atoms with E-state index in [0.29, 0.717) is 19.3 Å². The lowest BCUT2D eigenvalue weighted by Gasteiger charge is -2.21. The van der Waals surface area contributed by atoms with Gasteiger partial charge in [0, 0.05) is 43.3 Å². The third-order valence-electron chi connectivity index (χ3n) is 4.75. The predicted molar refractivity (Wildman–Crippen MR) is 99.4 cm³/mol. The quantitative estimate of drug-likeness (QED) is 0.886. The van der Waals surface area contributed by atoms with Crippen LogP contribution in [0.15, 0.2) is 40.6 Å². The van der Waals surface area contributed by atoms with E-state index in [1.165, 1.54) is 5.01 Å². The minimum absolute atomic E-state index is 0.0550. The molecule has 0 fully saturated rings. The number of rotatable bonds is 5. The van der Waals surface area contributed by atoms with E-state index in [0.717, 1.165) is 53.9 Å². The van der Waals surface area contributed by atoms with Crippen molar-refractivity contribution in [3.63, 3.8) is 0 Å². The van der Waals surface area contributed by atoms with Crippen LogP contribution >= 0.6 is 0 Å². The molecular formula is C20H25N3O2. The van der Waals surface area contributed by atoms with Crippen LogP contribution in [0.1, 0.15) is 57.4 Å². The second kappa shape index (κ2) is 7.64. The lowest BCUT2D eigenvalue weighted by atomic mass is 9.92. The van der Waals surface area contributed by atoms with Gasteiger partial charge in [0.2, 0.25) is 5.91 Å². The van der Waals surface area contributed by atoms with Gasteiger partial charge in [-0.05, 0) is 37.0 Å². The zero-order valence-corrected chi connectivity index (χ0v) is 15.0. The van der Waals surface area contributed by atoms with Gasteiger partial charge >= 0.3 is 0 Å². The van der Waals surface area contributed by atoms with Crippen molar-refractivity contribution in [2.45, 2.75) is 51.9 Å². The lowest BCUT2D eigenvalue weighted by Crippen LogP contribution is -2.28. The molecule has 1 amide bonds. The smallest absolute Gasteiger partial charge is 0.242 e. The topological polar surface area (TPSA) is 61.8 Å². The Labute approximate surface area is 148 Å². The summed E-state index contributed by atoms with van der Waals surface area (Å²) in [6.07, 6.45) is 5.53. The van der Waals surface area contributed by atoms with Gasteiger partial charge in [-0.15, -0.1) is 0 Å². The molecule has 0 saturated heterocycles. The number of anilines is 1. The maximum absolute atomic E-state index is 12.2. The Kier molecular flexibility index (Phi) is 5.31. The molecule has 0 atom stereocenters. The number of hydrogen-bond donors (Lipinski definition) is 1. The van der Waals surface area contributed by atoms with Crippen molar-refractivity contribution in [1.82, 2.24) is 5.01 Å². The first-order valence-corrected chi connectivity index (χ1v) is 9.05. The lowest BCUT2D eigenvalue weighted by molar-refractivity contribution is -0.130. The molecular weight excluding hydrogens is 314 g/mol. The van der Waals surface area contributed by atoms with Crippen molar-refractivity contribution in [2.24, 2.45) is 5.10 Å². The van der Waals surface area contributed by atoms with Gasteiger partial charge in [-0.1, -0.05) is 25.5 Å². The van der Waals surface area contributed by atoms with Crippen LogP contribution in [-0.4, -0.2) is 29.5 Å². The summed E-state index contributed by atoms with van der Waals surface area (Å²) in [5.41, 5.74) is 5.00. The number of carbonyl (C=O) groups excluding carboxylic acids is 2. The standard InChI is InChI=1S/C20H25N3O2/c1-3-5-16-18(6-4-7-19(16)24)21-15-10-8-14(9-11-15)17-12-13-20(25)23(2)22-17/h8-11,21H,3-7,12-13H2,1-2H3. The van der Waals surface area contributed by atoms with Crippen LogP contribution in [0.4, 0.5) is 5.69 Å². The first-order valence-electron chi connectivity index (χ1n) is 9.05. The normalized spacial score (nSPS) is 18.5. The average molecular weight is 339 g/mol. The van der Waals surface area contributed by atoms with E-state index in [9.17, 15) is 9.59 Å². The Morgan fingerprint density at radius 3 is 2.52 bits per heavy atom. The Morgan fingerprint density at radius 1 is 1.08 bits per heavy atom. The van der Waals surface area contributed by atoms with E-state index in [-0.39, 0.29) is 11.7 Å². The number of carbonyl (C=O) groups is 2. The third-order valence-corrected chi connectivity index (χ3v) is 4.75. The Balaban J connectivity index is 1.76. The van der Waals surface area contributed by atoms with Crippen LogP contribution < -0.4 is 5.32 Å². The van der Waals surface area contributed by atoms with Gasteiger partial charge in [0.25, 0.3) is 0 Å². The maximum atomic E-state index is 12.2. The van der Waals surface area contributed by atoms with Crippen molar-refractivity contribution >= 4 is 23.1 Å². The molecule has 1 heterocycles. The van der Waals surface area contributed by atoms with Gasteiger partial charge in [0.1, 0.15) is 0 Å². The summed E-state index contributed by atoms with van der Waals surface area (Å²) >= 11 is 0. The second-order valence-electron chi connectivity index (χ2n) is 6.65. The van der Waals surface area contributed by atoms with Crippen LogP contribution in [-0.2, 0) is 9.59 Å². The highest BCUT2D eigenvalue weighted by molar-refractivity contribution is 6.04. The van der Waals surface area contributed by atoms with Gasteiger partial charge in [0.05, 0.1) is 5.71 Å². The summed E-state index contributed by atoms with van der Waals surface area (Å²) in [5, 5.41) is 9.21. The summed E-state index contributed by atoms with van der Waals surface area (Å²) in [5.74, 6) is 0.343. The molecule has 0 saturated carbocycles. The molecule has 1 aliphatic carbocycles. The minimum Gasteiger partial charge on any atom is -0.359 e. The fourth-order valence-electron chi connectivity index (χ4n) is 3.37. The first-order chi connectivity index (χ1) is 12.1. The zero-order chi connectivity index (χ0) is 17.8. The Hall–Kier alpha value is -2.43. The van der Waals surface area contributed by atoms with Gasteiger partial charge in [-0.3, -0.25) is 9.59 Å². The zero-order valence-electron chi connectivity index (χ0n) is 15.0. The summed E-state index contributed by atoms with van der Waals surface area (Å²) in [6, 6.07) is 8.08. The number of benzene rings is 1. The minimum atomic E-state index is 0.0550. The molecule has 1 aromatic carbocycles. The average Bonchev–Trinajstić information content (AvgIpc) is 2.61. The SMILES string of the molecule is CCCC1=C(Nc2ccc(C3=NN(C)C(=O)CC3)cc2)CCCC1=O. The molecule has 5 heteroatoms. The summed E-state index contributed by atoms with van der Waals surface area (Å²) < 4.78 is 0. The van der Waals surface area contributed by atoms with Crippen molar-refractivity contribution < 1.29 is 9.59 Å². The monoisotopic (exact) mass is 339 g/mol. The number of nitrogens with one attached hydrogen (secondary N) is 1. The number of allylic oxidation sites excluding steroid dienone is 2. The highest BCUT2D eigenvalue weighted by Gasteiger charge is 2.20. The Morgan fingerprint density at radius 2 is 1.84 bits per heavy atom. The molecule has 5 nitrogen and oxygen atoms in total. The van der Waals surface area contributed by atoms with Crippen molar-refractivity contribution in [1.29, 1.82) is 0 Å². The number of hydrazone groups is 1. The fourth-order valence-corrected chi connectivity index (χ4v) is 3.37. The van der Waals surface area contributed by atoms with Gasteiger partial charge in [-0.2, -0.15) is 5.10 Å². The second-order valence-corrected chi connectivity index (χ2v) is 6.65. The van der Waals surface area contributed by atoms with E-state index in [4.69, 9.17) is 0 Å². The first kappa shape index (κ1) is 17.4. The molecule has 0 aromatic heterocycles. The molecule has 0 radical (unpaired) electrons. The number of amides is 1. The Bertz CT molecular complexity index is 732. The summed E-state index contributed by atoms with van der Waals surface area (Å²) in [6.45, 7) is 2.11. The number of Topliss-reactive ketones (excluding diaryl/α,β-unsaturated/α-hetero) is 1. The third kappa shape index (κ3) is 3.98. The molecule has 1 aromatic rings. The fraction of sp³-hybridized carbons (Fsp3) is 0.450. The van der Waals surface area contributed by atoms with Gasteiger partial charge in [-0.25, -0.2) is 5.01 Å². The van der Waals surface area contributed by atoms with Gasteiger partial charge in [0.15, 0.2) is 5.78 Å². The van der Waals surface area contributed by atoms with Crippen LogP contribution in [0.2, 0.25) is 0 Å². The van der Waals surface area contributed by atoms with Crippen molar-refractivity contribution in [3.8, 4) is 0 Å². The van der Waals surface area contributed by atoms with Crippen LogP contribution in [0.3, 0.4) is 0 Å². The molecule has 2 aliphatic rings. The van der Waals surface area contributed by atoms with Crippen LogP contribution in [0.5, 0.6) is 0 Å². The molecule has 132 valence electrons. The van der Waals surface area contributed by atoms with Crippen LogP contribution in [0, 0.1) is 0 Å². The molecule has 1 aliphatic heterocycles. The summed E-state index contributed by atoms with van der Waals surface area (Å²) in [7, 11) is 1.69. The maximum Gasteiger partial charge on any atom is 0.242 e. The summed E-state index contributed by atoms with van der Waals surface area (Å²) in [4.78, 5) is 23.7.